The van der Waals surface area contributed by atoms with Crippen LogP contribution in [0, 0.1) is 13.8 Å². The number of carboxylic acid groups (broad SMARTS) is 1. The molecule has 0 amide bonds. The van der Waals surface area contributed by atoms with Crippen molar-refractivity contribution in [3.8, 4) is 16.9 Å². The van der Waals surface area contributed by atoms with E-state index in [2.05, 4.69) is 43.4 Å². The molecule has 0 aromatic heterocycles. The minimum Gasteiger partial charge on any atom is -0.490 e. The Kier molecular flexibility index (Phi) is 7.03. The van der Waals surface area contributed by atoms with Crippen LogP contribution in [-0.2, 0) is 20.9 Å². The third-order valence-corrected chi connectivity index (χ3v) is 7.77. The van der Waals surface area contributed by atoms with Crippen LogP contribution in [0.25, 0.3) is 11.1 Å². The van der Waals surface area contributed by atoms with Gasteiger partial charge in [0, 0.05) is 31.7 Å². The van der Waals surface area contributed by atoms with Gasteiger partial charge in [-0.25, -0.2) is 4.79 Å². The highest BCUT2D eigenvalue weighted by Crippen LogP contribution is 2.37. The number of ether oxygens (including phenoxy) is 3. The molecule has 6 nitrogen and oxygen atoms in total. The Labute approximate surface area is 208 Å². The van der Waals surface area contributed by atoms with Crippen LogP contribution in [-0.4, -0.2) is 42.0 Å². The Bertz CT molecular complexity index is 1060. The van der Waals surface area contributed by atoms with E-state index in [9.17, 15) is 9.90 Å². The molecule has 3 fully saturated rings. The number of rotatable bonds is 9. The van der Waals surface area contributed by atoms with E-state index >= 15 is 0 Å². The van der Waals surface area contributed by atoms with Crippen molar-refractivity contribution in [3.05, 3.63) is 47.0 Å². The van der Waals surface area contributed by atoms with Crippen LogP contribution in [0.1, 0.15) is 68.1 Å². The Morgan fingerprint density at radius 1 is 1.06 bits per heavy atom. The Morgan fingerprint density at radius 2 is 1.80 bits per heavy atom. The predicted molar refractivity (Wildman–Crippen MR) is 136 cm³/mol. The molecule has 1 saturated heterocycles. The highest BCUT2D eigenvalue weighted by molar-refractivity contribution is 5.83. The van der Waals surface area contributed by atoms with Crippen LogP contribution >= 0.6 is 0 Å². The summed E-state index contributed by atoms with van der Waals surface area (Å²) in [7, 11) is 0. The molecule has 2 aromatic carbocycles. The van der Waals surface area contributed by atoms with Crippen molar-refractivity contribution in [1.29, 1.82) is 0 Å². The number of hydrogen-bond donors (Lipinski definition) is 2. The molecule has 2 aromatic rings. The van der Waals surface area contributed by atoms with Gasteiger partial charge in [0.05, 0.1) is 18.8 Å². The second-order valence-electron chi connectivity index (χ2n) is 10.4. The minimum atomic E-state index is -1.00. The summed E-state index contributed by atoms with van der Waals surface area (Å²) in [5, 5.41) is 13.4. The first-order chi connectivity index (χ1) is 16.9. The fourth-order valence-corrected chi connectivity index (χ4v) is 5.19. The molecule has 6 heteroatoms. The quantitative estimate of drug-likeness (QED) is 0.458. The average molecular weight is 480 g/mol. The van der Waals surface area contributed by atoms with Gasteiger partial charge in [-0.1, -0.05) is 25.0 Å². The first-order valence-electron chi connectivity index (χ1n) is 13.1. The van der Waals surface area contributed by atoms with Crippen molar-refractivity contribution in [2.45, 2.75) is 89.6 Å². The number of carboxylic acids is 1. The number of nitrogens with one attached hydrogen (secondary N) is 1. The molecule has 0 spiro atoms. The van der Waals surface area contributed by atoms with Gasteiger partial charge < -0.3 is 24.6 Å². The maximum atomic E-state index is 12.2. The maximum absolute atomic E-state index is 12.2. The van der Waals surface area contributed by atoms with Crippen LogP contribution in [0.3, 0.4) is 0 Å². The molecular weight excluding hydrogens is 442 g/mol. The second-order valence-corrected chi connectivity index (χ2v) is 10.4. The monoisotopic (exact) mass is 479 g/mol. The van der Waals surface area contributed by atoms with Gasteiger partial charge in [0.2, 0.25) is 0 Å². The number of hydrogen-bond acceptors (Lipinski definition) is 5. The van der Waals surface area contributed by atoms with Gasteiger partial charge >= 0.3 is 5.97 Å². The van der Waals surface area contributed by atoms with Crippen molar-refractivity contribution in [3.63, 3.8) is 0 Å². The van der Waals surface area contributed by atoms with Gasteiger partial charge in [0.25, 0.3) is 0 Å². The molecule has 0 atom stereocenters. The van der Waals surface area contributed by atoms with Crippen molar-refractivity contribution in [1.82, 2.24) is 0 Å². The second kappa shape index (κ2) is 10.2. The minimum absolute atomic E-state index is 0.300. The number of anilines is 1. The van der Waals surface area contributed by atoms with Gasteiger partial charge in [0.1, 0.15) is 11.3 Å². The van der Waals surface area contributed by atoms with Gasteiger partial charge in [-0.2, -0.15) is 0 Å². The van der Waals surface area contributed by atoms with E-state index in [-0.39, 0.29) is 0 Å². The topological polar surface area (TPSA) is 77.0 Å². The summed E-state index contributed by atoms with van der Waals surface area (Å²) in [6, 6.07) is 10.5. The number of aryl methyl sites for hydroxylation is 1. The summed E-state index contributed by atoms with van der Waals surface area (Å²) in [5.41, 5.74) is 5.47. The van der Waals surface area contributed by atoms with Crippen LogP contribution in [0.5, 0.6) is 5.75 Å². The molecule has 0 unspecified atom stereocenters. The highest BCUT2D eigenvalue weighted by atomic mass is 16.5. The van der Waals surface area contributed by atoms with Gasteiger partial charge in [0.15, 0.2) is 0 Å². The summed E-state index contributed by atoms with van der Waals surface area (Å²) in [6.45, 7) is 5.64. The zero-order valence-electron chi connectivity index (χ0n) is 20.9. The average Bonchev–Trinajstić information content (AvgIpc) is 3.51. The molecule has 188 valence electrons. The smallest absolute Gasteiger partial charge is 0.329 e. The number of benzene rings is 2. The van der Waals surface area contributed by atoms with E-state index < -0.39 is 11.5 Å². The molecule has 1 aliphatic heterocycles. The van der Waals surface area contributed by atoms with Crippen LogP contribution in [0.15, 0.2) is 30.3 Å². The van der Waals surface area contributed by atoms with Crippen LogP contribution < -0.4 is 10.1 Å². The molecule has 5 rings (SSSR count). The normalized spacial score (nSPS) is 20.1. The SMILES string of the molecule is Cc1cc(-c2ccc(NC3(C(=O)O)CCOCC3)cc2COC2CCCC2)cc(OC2CC2)c1C. The highest BCUT2D eigenvalue weighted by Gasteiger charge is 2.40. The third kappa shape index (κ3) is 5.49. The van der Waals surface area contributed by atoms with Gasteiger partial charge in [-0.15, -0.1) is 0 Å². The summed E-state index contributed by atoms with van der Waals surface area (Å²) in [6.07, 6.45) is 8.44. The molecular formula is C29H37NO5. The van der Waals surface area contributed by atoms with Crippen molar-refractivity contribution < 1.29 is 24.1 Å². The Hall–Kier alpha value is -2.57. The summed E-state index contributed by atoms with van der Waals surface area (Å²) >= 11 is 0. The lowest BCUT2D eigenvalue weighted by molar-refractivity contribution is -0.145. The van der Waals surface area contributed by atoms with Gasteiger partial charge in [-0.3, -0.25) is 0 Å². The fraction of sp³-hybridized carbons (Fsp3) is 0.552. The van der Waals surface area contributed by atoms with Crippen molar-refractivity contribution >= 4 is 11.7 Å². The molecule has 1 heterocycles. The lowest BCUT2D eigenvalue weighted by Gasteiger charge is -2.35. The van der Waals surface area contributed by atoms with E-state index in [1.54, 1.807) is 0 Å². The largest absolute Gasteiger partial charge is 0.490 e. The Morgan fingerprint density at radius 3 is 2.49 bits per heavy atom. The van der Waals surface area contributed by atoms with Crippen molar-refractivity contribution in [2.24, 2.45) is 0 Å². The van der Waals surface area contributed by atoms with E-state index in [1.165, 1.54) is 24.0 Å². The summed E-state index contributed by atoms with van der Waals surface area (Å²) in [4.78, 5) is 12.2. The maximum Gasteiger partial charge on any atom is 0.329 e. The fourth-order valence-electron chi connectivity index (χ4n) is 5.19. The van der Waals surface area contributed by atoms with E-state index in [0.29, 0.717) is 44.9 Å². The van der Waals surface area contributed by atoms with E-state index in [4.69, 9.17) is 14.2 Å². The van der Waals surface area contributed by atoms with Crippen LogP contribution in [0.4, 0.5) is 5.69 Å². The standard InChI is InChI=1S/C29H37NO5/c1-19-15-21(17-27(20(19)2)35-25-8-9-25)26-10-7-23(16-22(26)18-34-24-5-3-4-6-24)30-29(28(31)32)11-13-33-14-12-29/h7,10,15-17,24-25,30H,3-6,8-9,11-14,18H2,1-2H3,(H,31,32). The van der Waals surface area contributed by atoms with Crippen molar-refractivity contribution in [2.75, 3.05) is 18.5 Å². The predicted octanol–water partition coefficient (Wildman–Crippen LogP) is 6.02. The lowest BCUT2D eigenvalue weighted by atomic mass is 9.89. The molecule has 3 aliphatic rings. The van der Waals surface area contributed by atoms with E-state index in [1.807, 2.05) is 6.07 Å². The first-order valence-corrected chi connectivity index (χ1v) is 13.1. The summed E-state index contributed by atoms with van der Waals surface area (Å²) < 4.78 is 18.0. The molecule has 2 saturated carbocycles. The first kappa shape index (κ1) is 24.1. The van der Waals surface area contributed by atoms with E-state index in [0.717, 1.165) is 53.8 Å². The molecule has 35 heavy (non-hydrogen) atoms. The van der Waals surface area contributed by atoms with Gasteiger partial charge in [-0.05, 0) is 85.5 Å². The lowest BCUT2D eigenvalue weighted by Crippen LogP contribution is -2.50. The molecule has 2 aliphatic carbocycles. The molecule has 0 radical (unpaired) electrons. The zero-order chi connectivity index (χ0) is 24.4. The number of aliphatic carboxylic acids is 1. The molecule has 0 bridgehead atoms. The zero-order valence-corrected chi connectivity index (χ0v) is 20.9. The third-order valence-electron chi connectivity index (χ3n) is 7.77. The Balaban J connectivity index is 1.48. The molecule has 2 N–H and O–H groups in total. The van der Waals surface area contributed by atoms with Crippen LogP contribution in [0.2, 0.25) is 0 Å². The number of carbonyl (C=O) groups is 1. The summed E-state index contributed by atoms with van der Waals surface area (Å²) in [5.74, 6) is 0.129.